The van der Waals surface area contributed by atoms with Gasteiger partial charge in [-0.25, -0.2) is 4.39 Å². The third-order valence-electron chi connectivity index (χ3n) is 4.43. The Morgan fingerprint density at radius 2 is 2.04 bits per heavy atom. The van der Waals surface area contributed by atoms with Crippen LogP contribution in [0.1, 0.15) is 5.56 Å². The van der Waals surface area contributed by atoms with E-state index in [1.807, 2.05) is 30.1 Å². The third-order valence-corrected chi connectivity index (χ3v) is 5.44. The van der Waals surface area contributed by atoms with Crippen LogP contribution in [0.15, 0.2) is 53.7 Å². The molecule has 0 radical (unpaired) electrons. The Kier molecular flexibility index (Phi) is 4.46. The number of hydrogen-bond donors (Lipinski definition) is 0. The minimum atomic E-state index is -0.317. The van der Waals surface area contributed by atoms with E-state index in [0.717, 1.165) is 12.1 Å². The van der Waals surface area contributed by atoms with E-state index >= 15 is 0 Å². The van der Waals surface area contributed by atoms with E-state index in [1.165, 1.54) is 29.5 Å². The van der Waals surface area contributed by atoms with Gasteiger partial charge in [0.15, 0.2) is 11.0 Å². The first-order valence-electron chi connectivity index (χ1n) is 8.30. The first-order valence-corrected chi connectivity index (χ1v) is 9.28. The monoisotopic (exact) mass is 368 g/mol. The van der Waals surface area contributed by atoms with Crippen molar-refractivity contribution in [3.05, 3.63) is 59.9 Å². The number of benzene rings is 2. The molecule has 0 N–H and O–H groups in total. The molecule has 0 spiro atoms. The lowest BCUT2D eigenvalue weighted by Gasteiger charge is -2.16. The number of halogens is 1. The summed E-state index contributed by atoms with van der Waals surface area (Å²) >= 11 is 1.34. The average Bonchev–Trinajstić information content (AvgIpc) is 3.23. The van der Waals surface area contributed by atoms with Crippen LogP contribution in [0.3, 0.4) is 0 Å². The lowest BCUT2D eigenvalue weighted by Crippen LogP contribution is -2.30. The highest BCUT2D eigenvalue weighted by atomic mass is 32.2. The number of para-hydroxylation sites is 1. The smallest absolute Gasteiger partial charge is 0.237 e. The summed E-state index contributed by atoms with van der Waals surface area (Å²) in [6, 6.07) is 14.2. The molecule has 4 rings (SSSR count). The normalized spacial score (nSPS) is 13.1. The fourth-order valence-electron chi connectivity index (χ4n) is 3.12. The topological polar surface area (TPSA) is 51.0 Å². The Bertz CT molecular complexity index is 972. The SMILES string of the molecule is Cn1c(SCC(=O)N2CCc3ccccc32)nnc1-c1cccc(F)c1. The van der Waals surface area contributed by atoms with Crippen LogP contribution in [0, 0.1) is 5.82 Å². The number of nitrogens with zero attached hydrogens (tertiary/aromatic N) is 4. The number of fused-ring (bicyclic) bond motifs is 1. The largest absolute Gasteiger partial charge is 0.311 e. The lowest BCUT2D eigenvalue weighted by molar-refractivity contribution is -0.116. The molecule has 3 aromatic rings. The number of rotatable bonds is 4. The van der Waals surface area contributed by atoms with Crippen LogP contribution >= 0.6 is 11.8 Å². The Morgan fingerprint density at radius 1 is 1.19 bits per heavy atom. The van der Waals surface area contributed by atoms with Gasteiger partial charge in [0.1, 0.15) is 5.82 Å². The number of amides is 1. The molecule has 1 aromatic heterocycles. The zero-order valence-electron chi connectivity index (χ0n) is 14.2. The molecule has 0 saturated carbocycles. The predicted octanol–water partition coefficient (Wildman–Crippen LogP) is 3.30. The van der Waals surface area contributed by atoms with Crippen LogP contribution in [-0.2, 0) is 18.3 Å². The van der Waals surface area contributed by atoms with Crippen molar-refractivity contribution in [2.24, 2.45) is 7.05 Å². The fourth-order valence-corrected chi connectivity index (χ4v) is 3.91. The van der Waals surface area contributed by atoms with Crippen LogP contribution in [0.2, 0.25) is 0 Å². The standard InChI is InChI=1S/C19H17FN4OS/c1-23-18(14-6-4-7-15(20)11-14)21-22-19(23)26-12-17(25)24-10-9-13-5-2-3-8-16(13)24/h2-8,11H,9-10,12H2,1H3. The summed E-state index contributed by atoms with van der Waals surface area (Å²) in [5.74, 6) is 0.590. The van der Waals surface area contributed by atoms with Crippen molar-refractivity contribution in [3.63, 3.8) is 0 Å². The van der Waals surface area contributed by atoms with Gasteiger partial charge in [-0.2, -0.15) is 0 Å². The van der Waals surface area contributed by atoms with Gasteiger partial charge < -0.3 is 9.47 Å². The second kappa shape index (κ2) is 6.92. The Balaban J connectivity index is 1.47. The molecular weight excluding hydrogens is 351 g/mol. The zero-order chi connectivity index (χ0) is 18.1. The van der Waals surface area contributed by atoms with Crippen LogP contribution in [0.5, 0.6) is 0 Å². The number of aromatic nitrogens is 3. The summed E-state index contributed by atoms with van der Waals surface area (Å²) < 4.78 is 15.2. The summed E-state index contributed by atoms with van der Waals surface area (Å²) in [5.41, 5.74) is 2.86. The van der Waals surface area contributed by atoms with Gasteiger partial charge in [-0.05, 0) is 30.2 Å². The van der Waals surface area contributed by atoms with E-state index in [0.29, 0.717) is 23.1 Å². The van der Waals surface area contributed by atoms with E-state index in [-0.39, 0.29) is 17.5 Å². The van der Waals surface area contributed by atoms with E-state index in [2.05, 4.69) is 16.3 Å². The Morgan fingerprint density at radius 3 is 2.88 bits per heavy atom. The molecule has 26 heavy (non-hydrogen) atoms. The van der Waals surface area contributed by atoms with Crippen molar-refractivity contribution >= 4 is 23.4 Å². The number of carbonyl (C=O) groups excluding carboxylic acids is 1. The van der Waals surface area contributed by atoms with Crippen molar-refractivity contribution in [2.45, 2.75) is 11.6 Å². The van der Waals surface area contributed by atoms with Gasteiger partial charge in [-0.15, -0.1) is 10.2 Å². The van der Waals surface area contributed by atoms with Gasteiger partial charge in [-0.1, -0.05) is 42.1 Å². The number of hydrogen-bond acceptors (Lipinski definition) is 4. The number of carbonyl (C=O) groups is 1. The minimum Gasteiger partial charge on any atom is -0.311 e. The Hall–Kier alpha value is -2.67. The van der Waals surface area contributed by atoms with Gasteiger partial charge in [-0.3, -0.25) is 4.79 Å². The van der Waals surface area contributed by atoms with Gasteiger partial charge in [0.25, 0.3) is 0 Å². The van der Waals surface area contributed by atoms with Crippen LogP contribution in [-0.4, -0.2) is 33.0 Å². The molecule has 1 aliphatic rings. The molecular formula is C19H17FN4OS. The molecule has 1 aliphatic heterocycles. The molecule has 0 fully saturated rings. The van der Waals surface area contributed by atoms with E-state index in [1.54, 1.807) is 16.7 Å². The maximum absolute atomic E-state index is 13.4. The summed E-state index contributed by atoms with van der Waals surface area (Å²) in [6.07, 6.45) is 0.889. The quantitative estimate of drug-likeness (QED) is 0.663. The molecule has 0 bridgehead atoms. The van der Waals surface area contributed by atoms with Gasteiger partial charge in [0, 0.05) is 24.8 Å². The summed E-state index contributed by atoms with van der Waals surface area (Å²) in [4.78, 5) is 14.4. The highest BCUT2D eigenvalue weighted by molar-refractivity contribution is 7.99. The molecule has 0 aliphatic carbocycles. The summed E-state index contributed by atoms with van der Waals surface area (Å²) in [7, 11) is 1.82. The molecule has 132 valence electrons. The lowest BCUT2D eigenvalue weighted by atomic mass is 10.2. The zero-order valence-corrected chi connectivity index (χ0v) is 15.0. The maximum Gasteiger partial charge on any atom is 0.237 e. The molecule has 5 nitrogen and oxygen atoms in total. The average molecular weight is 368 g/mol. The summed E-state index contributed by atoms with van der Waals surface area (Å²) in [5, 5.41) is 8.92. The minimum absolute atomic E-state index is 0.0512. The molecule has 2 heterocycles. The third kappa shape index (κ3) is 3.10. The highest BCUT2D eigenvalue weighted by Gasteiger charge is 2.24. The molecule has 0 atom stereocenters. The van der Waals surface area contributed by atoms with Crippen molar-refractivity contribution in [1.82, 2.24) is 14.8 Å². The predicted molar refractivity (Wildman–Crippen MR) is 99.6 cm³/mol. The molecule has 1 amide bonds. The van der Waals surface area contributed by atoms with Crippen molar-refractivity contribution in [1.29, 1.82) is 0 Å². The van der Waals surface area contributed by atoms with E-state index in [9.17, 15) is 9.18 Å². The van der Waals surface area contributed by atoms with E-state index < -0.39 is 0 Å². The molecule has 0 unspecified atom stereocenters. The molecule has 0 saturated heterocycles. The van der Waals surface area contributed by atoms with Gasteiger partial charge >= 0.3 is 0 Å². The van der Waals surface area contributed by atoms with E-state index in [4.69, 9.17) is 0 Å². The van der Waals surface area contributed by atoms with Gasteiger partial charge in [0.2, 0.25) is 5.91 Å². The number of thioether (sulfide) groups is 1. The fraction of sp³-hybridized carbons (Fsp3) is 0.211. The summed E-state index contributed by atoms with van der Waals surface area (Å²) in [6.45, 7) is 0.714. The van der Waals surface area contributed by atoms with Crippen molar-refractivity contribution < 1.29 is 9.18 Å². The van der Waals surface area contributed by atoms with Crippen LogP contribution in [0.25, 0.3) is 11.4 Å². The second-order valence-corrected chi connectivity index (χ2v) is 7.03. The first kappa shape index (κ1) is 16.8. The highest BCUT2D eigenvalue weighted by Crippen LogP contribution is 2.29. The second-order valence-electron chi connectivity index (χ2n) is 6.09. The van der Waals surface area contributed by atoms with Crippen LogP contribution in [0.4, 0.5) is 10.1 Å². The van der Waals surface area contributed by atoms with Crippen molar-refractivity contribution in [3.8, 4) is 11.4 Å². The van der Waals surface area contributed by atoms with Crippen LogP contribution < -0.4 is 4.90 Å². The maximum atomic E-state index is 13.4. The van der Waals surface area contributed by atoms with Crippen molar-refractivity contribution in [2.75, 3.05) is 17.2 Å². The van der Waals surface area contributed by atoms with Gasteiger partial charge in [0.05, 0.1) is 5.75 Å². The first-order chi connectivity index (χ1) is 12.6. The molecule has 2 aromatic carbocycles. The number of anilines is 1. The molecule has 7 heteroatoms. The Labute approximate surface area is 154 Å².